The van der Waals surface area contributed by atoms with Gasteiger partial charge in [0.15, 0.2) is 6.10 Å². The molecule has 2 rings (SSSR count). The Morgan fingerprint density at radius 1 is 1.30 bits per heavy atom. The SMILES string of the molecule is CON(C)C(=O)[C@H]1CN(C(=O)OC(C)(C)C)[C@@H](Cc2ccc(Cl)cc2)CO1. The Balaban J connectivity index is 2.17. The van der Waals surface area contributed by atoms with Crippen LogP contribution in [0.25, 0.3) is 0 Å². The number of rotatable bonds is 4. The lowest BCUT2D eigenvalue weighted by molar-refractivity contribution is -0.187. The normalized spacial score (nSPS) is 20.3. The van der Waals surface area contributed by atoms with Gasteiger partial charge in [-0.05, 0) is 44.9 Å². The highest BCUT2D eigenvalue weighted by Crippen LogP contribution is 2.21. The number of hydrogen-bond acceptors (Lipinski definition) is 5. The Bertz CT molecular complexity index is 659. The Labute approximate surface area is 165 Å². The molecular weight excluding hydrogens is 372 g/mol. The van der Waals surface area contributed by atoms with Gasteiger partial charge >= 0.3 is 6.09 Å². The predicted octanol–water partition coefficient (Wildman–Crippen LogP) is 2.91. The number of ether oxygens (including phenoxy) is 2. The maximum Gasteiger partial charge on any atom is 0.410 e. The van der Waals surface area contributed by atoms with Gasteiger partial charge < -0.3 is 9.47 Å². The number of carbonyl (C=O) groups is 2. The fraction of sp³-hybridized carbons (Fsp3) is 0.579. The van der Waals surface area contributed by atoms with Gasteiger partial charge in [-0.3, -0.25) is 14.5 Å². The first-order chi connectivity index (χ1) is 12.6. The van der Waals surface area contributed by atoms with Crippen LogP contribution in [0, 0.1) is 0 Å². The van der Waals surface area contributed by atoms with Crippen LogP contribution in [0.5, 0.6) is 0 Å². The van der Waals surface area contributed by atoms with Crippen molar-refractivity contribution in [2.75, 3.05) is 27.3 Å². The van der Waals surface area contributed by atoms with E-state index in [0.29, 0.717) is 11.4 Å². The molecule has 1 aromatic rings. The molecule has 7 nitrogen and oxygen atoms in total. The van der Waals surface area contributed by atoms with Crippen LogP contribution in [0.15, 0.2) is 24.3 Å². The minimum atomic E-state index is -0.802. The Kier molecular flexibility index (Phi) is 7.08. The van der Waals surface area contributed by atoms with Crippen LogP contribution in [-0.2, 0) is 25.5 Å². The van der Waals surface area contributed by atoms with Crippen LogP contribution < -0.4 is 0 Å². The zero-order chi connectivity index (χ0) is 20.2. The van der Waals surface area contributed by atoms with Gasteiger partial charge in [-0.1, -0.05) is 23.7 Å². The second kappa shape index (κ2) is 8.91. The fourth-order valence-electron chi connectivity index (χ4n) is 2.75. The summed E-state index contributed by atoms with van der Waals surface area (Å²) in [4.78, 5) is 31.6. The van der Waals surface area contributed by atoms with Gasteiger partial charge in [-0.25, -0.2) is 9.86 Å². The van der Waals surface area contributed by atoms with Gasteiger partial charge in [-0.15, -0.1) is 0 Å². The van der Waals surface area contributed by atoms with Crippen molar-refractivity contribution < 1.29 is 23.9 Å². The van der Waals surface area contributed by atoms with Gasteiger partial charge in [-0.2, -0.15) is 0 Å². The number of morpholine rings is 1. The maximum absolute atomic E-state index is 12.7. The molecule has 150 valence electrons. The van der Waals surface area contributed by atoms with Crippen LogP contribution in [0.3, 0.4) is 0 Å². The molecule has 0 aliphatic carbocycles. The van der Waals surface area contributed by atoms with Gasteiger partial charge in [0.05, 0.1) is 26.3 Å². The summed E-state index contributed by atoms with van der Waals surface area (Å²) < 4.78 is 11.3. The number of hydroxylamine groups is 2. The van der Waals surface area contributed by atoms with Gasteiger partial charge in [0.25, 0.3) is 5.91 Å². The second-order valence-electron chi connectivity index (χ2n) is 7.46. The van der Waals surface area contributed by atoms with E-state index in [2.05, 4.69) is 0 Å². The molecule has 0 unspecified atom stereocenters. The summed E-state index contributed by atoms with van der Waals surface area (Å²) in [5.74, 6) is -0.351. The summed E-state index contributed by atoms with van der Waals surface area (Å²) in [5.41, 5.74) is 0.378. The monoisotopic (exact) mass is 398 g/mol. The molecule has 0 saturated carbocycles. The maximum atomic E-state index is 12.7. The Hall–Kier alpha value is -1.83. The van der Waals surface area contributed by atoms with Gasteiger partial charge in [0.1, 0.15) is 5.60 Å². The smallest absolute Gasteiger partial charge is 0.410 e. The molecule has 1 saturated heterocycles. The van der Waals surface area contributed by atoms with Crippen LogP contribution >= 0.6 is 11.6 Å². The van der Waals surface area contributed by atoms with Crippen molar-refractivity contribution >= 4 is 23.6 Å². The lowest BCUT2D eigenvalue weighted by Crippen LogP contribution is -2.57. The topological polar surface area (TPSA) is 68.3 Å². The average Bonchev–Trinajstić information content (AvgIpc) is 2.61. The Morgan fingerprint density at radius 3 is 2.48 bits per heavy atom. The van der Waals surface area contributed by atoms with E-state index in [9.17, 15) is 9.59 Å². The molecule has 8 heteroatoms. The third-order valence-electron chi connectivity index (χ3n) is 4.17. The summed E-state index contributed by atoms with van der Waals surface area (Å²) in [6, 6.07) is 7.17. The first kappa shape index (κ1) is 21.5. The van der Waals surface area contributed by atoms with Crippen LogP contribution in [-0.4, -0.2) is 67.0 Å². The molecule has 1 aromatic carbocycles. The minimum absolute atomic E-state index is 0.0969. The molecule has 1 heterocycles. The van der Waals surface area contributed by atoms with Crippen molar-refractivity contribution in [1.82, 2.24) is 9.96 Å². The van der Waals surface area contributed by atoms with E-state index in [1.807, 2.05) is 12.1 Å². The zero-order valence-electron chi connectivity index (χ0n) is 16.4. The standard InChI is InChI=1S/C19H27ClN2O5/c1-19(2,3)27-18(24)22-11-16(17(23)21(4)25-5)26-12-15(22)10-13-6-8-14(20)9-7-13/h6-9,15-16H,10-12H2,1-5H3/t15-,16+/m0/s1. The average molecular weight is 399 g/mol. The summed E-state index contributed by atoms with van der Waals surface area (Å²) in [7, 11) is 2.90. The zero-order valence-corrected chi connectivity index (χ0v) is 17.2. The lowest BCUT2D eigenvalue weighted by Gasteiger charge is -2.40. The van der Waals surface area contributed by atoms with E-state index in [1.54, 1.807) is 37.8 Å². The van der Waals surface area contributed by atoms with Crippen molar-refractivity contribution in [3.8, 4) is 0 Å². The van der Waals surface area contributed by atoms with Gasteiger partial charge in [0.2, 0.25) is 0 Å². The predicted molar refractivity (Wildman–Crippen MR) is 101 cm³/mol. The largest absolute Gasteiger partial charge is 0.444 e. The highest BCUT2D eigenvalue weighted by atomic mass is 35.5. The molecule has 0 aromatic heterocycles. The molecule has 0 N–H and O–H groups in total. The number of benzene rings is 1. The van der Waals surface area contributed by atoms with E-state index in [1.165, 1.54) is 14.2 Å². The first-order valence-electron chi connectivity index (χ1n) is 8.78. The molecule has 1 aliphatic heterocycles. The fourth-order valence-corrected chi connectivity index (χ4v) is 2.87. The molecule has 0 spiro atoms. The number of halogens is 1. The number of hydrogen-bond donors (Lipinski definition) is 0. The highest BCUT2D eigenvalue weighted by molar-refractivity contribution is 6.30. The van der Waals surface area contributed by atoms with Crippen LogP contribution in [0.1, 0.15) is 26.3 Å². The minimum Gasteiger partial charge on any atom is -0.444 e. The second-order valence-corrected chi connectivity index (χ2v) is 7.89. The summed E-state index contributed by atoms with van der Waals surface area (Å²) in [6.07, 6.45) is -0.705. The van der Waals surface area contributed by atoms with Crippen molar-refractivity contribution in [2.24, 2.45) is 0 Å². The molecule has 2 amide bonds. The van der Waals surface area contributed by atoms with Crippen LogP contribution in [0.4, 0.5) is 4.79 Å². The summed E-state index contributed by atoms with van der Waals surface area (Å²) in [5, 5.41) is 1.74. The lowest BCUT2D eigenvalue weighted by atomic mass is 10.0. The number of amides is 2. The van der Waals surface area contributed by atoms with Crippen molar-refractivity contribution in [1.29, 1.82) is 0 Å². The molecule has 1 fully saturated rings. The Morgan fingerprint density at radius 2 is 1.93 bits per heavy atom. The third-order valence-corrected chi connectivity index (χ3v) is 4.42. The van der Waals surface area contributed by atoms with E-state index < -0.39 is 17.8 Å². The number of nitrogens with zero attached hydrogens (tertiary/aromatic N) is 2. The highest BCUT2D eigenvalue weighted by Gasteiger charge is 2.38. The molecule has 0 radical (unpaired) electrons. The number of likely N-dealkylation sites (N-methyl/N-ethyl adjacent to an activating group) is 1. The van der Waals surface area contributed by atoms with E-state index in [0.717, 1.165) is 10.6 Å². The third kappa shape index (κ3) is 6.09. The summed E-state index contributed by atoms with van der Waals surface area (Å²) >= 11 is 5.94. The van der Waals surface area contributed by atoms with E-state index >= 15 is 0 Å². The van der Waals surface area contributed by atoms with Gasteiger partial charge in [0, 0.05) is 12.1 Å². The van der Waals surface area contributed by atoms with Crippen molar-refractivity contribution in [3.05, 3.63) is 34.9 Å². The first-order valence-corrected chi connectivity index (χ1v) is 9.16. The van der Waals surface area contributed by atoms with E-state index in [-0.39, 0.29) is 25.1 Å². The molecule has 27 heavy (non-hydrogen) atoms. The molecule has 2 atom stereocenters. The quantitative estimate of drug-likeness (QED) is 0.729. The molecule has 0 bridgehead atoms. The van der Waals surface area contributed by atoms with Crippen molar-refractivity contribution in [3.63, 3.8) is 0 Å². The van der Waals surface area contributed by atoms with Crippen molar-refractivity contribution in [2.45, 2.75) is 44.9 Å². The number of carbonyl (C=O) groups excluding carboxylic acids is 2. The van der Waals surface area contributed by atoms with Crippen LogP contribution in [0.2, 0.25) is 5.02 Å². The summed E-state index contributed by atoms with van der Waals surface area (Å²) in [6.45, 7) is 5.73. The molecule has 1 aliphatic rings. The molecular formula is C19H27ClN2O5. The van der Waals surface area contributed by atoms with E-state index in [4.69, 9.17) is 25.9 Å².